The lowest BCUT2D eigenvalue weighted by Crippen LogP contribution is -2.45. The van der Waals surface area contributed by atoms with Crippen molar-refractivity contribution in [1.29, 1.82) is 0 Å². The van der Waals surface area contributed by atoms with Crippen LogP contribution >= 0.6 is 0 Å². The van der Waals surface area contributed by atoms with Crippen molar-refractivity contribution in [3.8, 4) is 0 Å². The van der Waals surface area contributed by atoms with Crippen molar-refractivity contribution in [2.24, 2.45) is 0 Å². The summed E-state index contributed by atoms with van der Waals surface area (Å²) in [5, 5.41) is 2.97. The first-order valence-electron chi connectivity index (χ1n) is 9.62. The largest absolute Gasteiger partial charge is 0.348 e. The predicted molar refractivity (Wildman–Crippen MR) is 104 cm³/mol. The Morgan fingerprint density at radius 1 is 1.15 bits per heavy atom. The highest BCUT2D eigenvalue weighted by Crippen LogP contribution is 2.20. The maximum Gasteiger partial charge on any atom is 0.254 e. The lowest BCUT2D eigenvalue weighted by atomic mass is 10.1. The Labute approximate surface area is 159 Å². The Hall–Kier alpha value is -2.54. The molecule has 1 fully saturated rings. The second-order valence-corrected chi connectivity index (χ2v) is 7.45. The van der Waals surface area contributed by atoms with Crippen LogP contribution in [0.2, 0.25) is 0 Å². The molecule has 1 aliphatic carbocycles. The maximum absolute atomic E-state index is 12.6. The Bertz CT molecular complexity index is 844. The Morgan fingerprint density at radius 2 is 1.96 bits per heavy atom. The third-order valence-electron chi connectivity index (χ3n) is 5.43. The Kier molecular flexibility index (Phi) is 5.03. The van der Waals surface area contributed by atoms with Gasteiger partial charge in [-0.3, -0.25) is 9.78 Å². The molecule has 2 aromatic heterocycles. The van der Waals surface area contributed by atoms with Gasteiger partial charge < -0.3 is 15.1 Å². The van der Waals surface area contributed by atoms with E-state index in [9.17, 15) is 4.79 Å². The number of aromatic nitrogens is 3. The van der Waals surface area contributed by atoms with Gasteiger partial charge in [0, 0.05) is 50.8 Å². The molecule has 7 nitrogen and oxygen atoms in total. The zero-order valence-corrected chi connectivity index (χ0v) is 16.0. The Balaban J connectivity index is 1.40. The number of rotatable bonds is 4. The fourth-order valence-electron chi connectivity index (χ4n) is 3.69. The lowest BCUT2D eigenvalue weighted by Gasteiger charge is -2.32. The molecule has 1 amide bonds. The summed E-state index contributed by atoms with van der Waals surface area (Å²) in [7, 11) is 2.12. The first-order chi connectivity index (χ1) is 13.1. The van der Waals surface area contributed by atoms with Crippen molar-refractivity contribution in [1.82, 2.24) is 25.2 Å². The monoisotopic (exact) mass is 366 g/mol. The highest BCUT2D eigenvalue weighted by atomic mass is 16.1. The molecule has 0 atom stereocenters. The summed E-state index contributed by atoms with van der Waals surface area (Å²) in [4.78, 5) is 30.5. The minimum atomic E-state index is -0.141. The van der Waals surface area contributed by atoms with Crippen LogP contribution in [0, 0.1) is 6.92 Å². The first-order valence-corrected chi connectivity index (χ1v) is 9.62. The van der Waals surface area contributed by atoms with Gasteiger partial charge in [0.2, 0.25) is 5.95 Å². The molecule has 0 aromatic carbocycles. The fourth-order valence-corrected chi connectivity index (χ4v) is 3.69. The minimum Gasteiger partial charge on any atom is -0.348 e. The molecule has 142 valence electrons. The van der Waals surface area contributed by atoms with Gasteiger partial charge in [-0.2, -0.15) is 0 Å². The van der Waals surface area contributed by atoms with E-state index in [0.29, 0.717) is 23.8 Å². The van der Waals surface area contributed by atoms with Crippen LogP contribution in [0.3, 0.4) is 0 Å². The number of anilines is 1. The van der Waals surface area contributed by atoms with Gasteiger partial charge in [0.1, 0.15) is 0 Å². The summed E-state index contributed by atoms with van der Waals surface area (Å²) >= 11 is 0. The number of aryl methyl sites for hydroxylation is 3. The summed E-state index contributed by atoms with van der Waals surface area (Å²) in [6.07, 6.45) is 6.84. The van der Waals surface area contributed by atoms with Crippen LogP contribution in [-0.2, 0) is 19.4 Å². The van der Waals surface area contributed by atoms with Gasteiger partial charge in [0.25, 0.3) is 5.91 Å². The number of amides is 1. The molecule has 1 saturated heterocycles. The summed E-state index contributed by atoms with van der Waals surface area (Å²) in [5.74, 6) is 0.567. The number of nitrogens with zero attached hydrogens (tertiary/aromatic N) is 5. The van der Waals surface area contributed by atoms with Crippen molar-refractivity contribution in [2.45, 2.75) is 32.7 Å². The molecule has 3 heterocycles. The molecule has 2 aliphatic rings. The molecule has 2 aromatic rings. The molecule has 7 heteroatoms. The molecule has 1 N–H and O–H groups in total. The van der Waals surface area contributed by atoms with E-state index in [4.69, 9.17) is 0 Å². The average Bonchev–Trinajstić information content (AvgIpc) is 3.14. The van der Waals surface area contributed by atoms with Gasteiger partial charge in [-0.1, -0.05) is 6.07 Å². The fraction of sp³-hybridized carbons (Fsp3) is 0.500. The van der Waals surface area contributed by atoms with Crippen molar-refractivity contribution < 1.29 is 4.79 Å². The number of carbonyl (C=O) groups excluding carboxylic acids is 1. The van der Waals surface area contributed by atoms with E-state index >= 15 is 0 Å². The molecule has 27 heavy (non-hydrogen) atoms. The number of pyridine rings is 1. The number of likely N-dealkylation sites (N-methyl/N-ethyl adjacent to an activating group) is 1. The number of carbonyl (C=O) groups is 1. The van der Waals surface area contributed by atoms with Gasteiger partial charge in [0.05, 0.1) is 11.3 Å². The van der Waals surface area contributed by atoms with E-state index in [1.807, 2.05) is 13.1 Å². The van der Waals surface area contributed by atoms with Crippen LogP contribution in [0.5, 0.6) is 0 Å². The van der Waals surface area contributed by atoms with Crippen molar-refractivity contribution in [3.63, 3.8) is 0 Å². The van der Waals surface area contributed by atoms with E-state index in [2.05, 4.69) is 43.2 Å². The molecular weight excluding hydrogens is 340 g/mol. The quantitative estimate of drug-likeness (QED) is 0.881. The smallest absolute Gasteiger partial charge is 0.254 e. The summed E-state index contributed by atoms with van der Waals surface area (Å²) in [5.41, 5.74) is 4.80. The van der Waals surface area contributed by atoms with E-state index in [1.165, 1.54) is 17.7 Å². The number of fused-ring (bicyclic) bond motifs is 1. The normalized spacial score (nSPS) is 17.0. The topological polar surface area (TPSA) is 74.2 Å². The lowest BCUT2D eigenvalue weighted by molar-refractivity contribution is 0.0949. The molecule has 0 spiro atoms. The SMILES string of the molecule is Cc1nc(N2CCN(C)CC2)ncc1C(=O)NCc1cnc2c(c1)CCC2. The molecule has 0 radical (unpaired) electrons. The van der Waals surface area contributed by atoms with Gasteiger partial charge in [-0.25, -0.2) is 9.97 Å². The van der Waals surface area contributed by atoms with Gasteiger partial charge in [-0.15, -0.1) is 0 Å². The number of hydrogen-bond acceptors (Lipinski definition) is 6. The third kappa shape index (κ3) is 3.93. The van der Waals surface area contributed by atoms with Crippen LogP contribution in [0.1, 0.15) is 39.3 Å². The zero-order valence-electron chi connectivity index (χ0n) is 16.0. The second-order valence-electron chi connectivity index (χ2n) is 7.45. The van der Waals surface area contributed by atoms with Gasteiger partial charge >= 0.3 is 0 Å². The van der Waals surface area contributed by atoms with Crippen molar-refractivity contribution >= 4 is 11.9 Å². The van der Waals surface area contributed by atoms with E-state index in [0.717, 1.165) is 44.6 Å². The van der Waals surface area contributed by atoms with Crippen molar-refractivity contribution in [2.75, 3.05) is 38.1 Å². The Morgan fingerprint density at radius 3 is 2.74 bits per heavy atom. The third-order valence-corrected chi connectivity index (χ3v) is 5.43. The second kappa shape index (κ2) is 7.60. The standard InChI is InChI=1S/C20H26N6O/c1-14-17(13-23-20(24-14)26-8-6-25(2)7-9-26)19(27)22-12-15-10-16-4-3-5-18(16)21-11-15/h10-11,13H,3-9,12H2,1-2H3,(H,22,27). The highest BCUT2D eigenvalue weighted by molar-refractivity contribution is 5.94. The zero-order chi connectivity index (χ0) is 18.8. The van der Waals surface area contributed by atoms with Gasteiger partial charge in [-0.05, 0) is 44.4 Å². The van der Waals surface area contributed by atoms with Crippen LogP contribution in [0.15, 0.2) is 18.5 Å². The maximum atomic E-state index is 12.6. The highest BCUT2D eigenvalue weighted by Gasteiger charge is 2.19. The molecule has 4 rings (SSSR count). The molecule has 1 aliphatic heterocycles. The van der Waals surface area contributed by atoms with Crippen LogP contribution in [-0.4, -0.2) is 59.0 Å². The average molecular weight is 366 g/mol. The number of piperazine rings is 1. The molecule has 0 unspecified atom stereocenters. The summed E-state index contributed by atoms with van der Waals surface area (Å²) < 4.78 is 0. The van der Waals surface area contributed by atoms with E-state index < -0.39 is 0 Å². The van der Waals surface area contributed by atoms with Crippen molar-refractivity contribution in [3.05, 3.63) is 46.5 Å². The van der Waals surface area contributed by atoms with Crippen LogP contribution in [0.25, 0.3) is 0 Å². The summed E-state index contributed by atoms with van der Waals surface area (Å²) in [6, 6.07) is 2.16. The van der Waals surface area contributed by atoms with E-state index in [1.54, 1.807) is 6.20 Å². The molecule has 0 saturated carbocycles. The first kappa shape index (κ1) is 17.9. The number of nitrogens with one attached hydrogen (secondary N) is 1. The predicted octanol–water partition coefficient (Wildman–Crippen LogP) is 1.35. The van der Waals surface area contributed by atoms with Crippen LogP contribution < -0.4 is 10.2 Å². The van der Waals surface area contributed by atoms with Crippen LogP contribution in [0.4, 0.5) is 5.95 Å². The van der Waals surface area contributed by atoms with Gasteiger partial charge in [0.15, 0.2) is 0 Å². The van der Waals surface area contributed by atoms with E-state index in [-0.39, 0.29) is 5.91 Å². The molecule has 0 bridgehead atoms. The minimum absolute atomic E-state index is 0.141. The number of hydrogen-bond donors (Lipinski definition) is 1. The molecular formula is C20H26N6O. The summed E-state index contributed by atoms with van der Waals surface area (Å²) in [6.45, 7) is 6.16.